The molecule has 2 aromatic rings. The highest BCUT2D eigenvalue weighted by atomic mass is 35.5. The topological polar surface area (TPSA) is 45.5 Å². The van der Waals surface area contributed by atoms with Crippen molar-refractivity contribution < 1.29 is 9.21 Å². The third-order valence-corrected chi connectivity index (χ3v) is 4.83. The summed E-state index contributed by atoms with van der Waals surface area (Å²) in [7, 11) is 1.87. The number of nitrogens with zero attached hydrogens (tertiary/aromatic N) is 1. The summed E-state index contributed by atoms with van der Waals surface area (Å²) in [6, 6.07) is 7.98. The zero-order valence-corrected chi connectivity index (χ0v) is 14.4. The summed E-state index contributed by atoms with van der Waals surface area (Å²) in [5.41, 5.74) is 2.04. The number of nitrogens with one attached hydrogen (secondary N) is 1. The summed E-state index contributed by atoms with van der Waals surface area (Å²) >= 11 is 1.77. The first kappa shape index (κ1) is 17.2. The monoisotopic (exact) mass is 340 g/mol. The van der Waals surface area contributed by atoms with Crippen LogP contribution in [0.15, 0.2) is 28.7 Å². The number of aryl methyl sites for hydroxylation is 1. The lowest BCUT2D eigenvalue weighted by Gasteiger charge is -2.21. The molecule has 0 aliphatic carbocycles. The number of hydrogen-bond acceptors (Lipinski definition) is 4. The van der Waals surface area contributed by atoms with Gasteiger partial charge in [0.1, 0.15) is 11.3 Å². The van der Waals surface area contributed by atoms with E-state index in [9.17, 15) is 4.79 Å². The smallest absolute Gasteiger partial charge is 0.240 e. The summed E-state index contributed by atoms with van der Waals surface area (Å²) in [5, 5.41) is 4.34. The van der Waals surface area contributed by atoms with Gasteiger partial charge in [0, 0.05) is 42.6 Å². The van der Waals surface area contributed by atoms with E-state index in [0.717, 1.165) is 40.3 Å². The molecule has 1 N–H and O–H groups in total. The maximum Gasteiger partial charge on any atom is 0.240 e. The molecule has 1 atom stereocenters. The maximum absolute atomic E-state index is 12.4. The van der Waals surface area contributed by atoms with Gasteiger partial charge in [-0.1, -0.05) is 25.1 Å². The lowest BCUT2D eigenvalue weighted by atomic mass is 10.1. The van der Waals surface area contributed by atoms with E-state index in [-0.39, 0.29) is 24.4 Å². The third-order valence-electron chi connectivity index (χ3n) is 3.89. The predicted molar refractivity (Wildman–Crippen MR) is 93.6 cm³/mol. The zero-order valence-electron chi connectivity index (χ0n) is 12.8. The Bertz CT molecular complexity index is 653. The van der Waals surface area contributed by atoms with E-state index in [2.05, 4.69) is 18.3 Å². The highest BCUT2D eigenvalue weighted by molar-refractivity contribution is 7.99. The fourth-order valence-corrected chi connectivity index (χ4v) is 3.68. The van der Waals surface area contributed by atoms with Crippen LogP contribution in [-0.2, 0) is 17.8 Å². The molecule has 0 bridgehead atoms. The van der Waals surface area contributed by atoms with Crippen molar-refractivity contribution in [2.24, 2.45) is 0 Å². The molecule has 1 aromatic carbocycles. The molecule has 1 aromatic heterocycles. The van der Waals surface area contributed by atoms with E-state index in [1.54, 1.807) is 16.7 Å². The van der Waals surface area contributed by atoms with Crippen LogP contribution < -0.4 is 5.32 Å². The van der Waals surface area contributed by atoms with Crippen LogP contribution in [0.1, 0.15) is 18.2 Å². The molecule has 1 aliphatic heterocycles. The molecule has 2 heterocycles. The van der Waals surface area contributed by atoms with Gasteiger partial charge in [-0.3, -0.25) is 10.1 Å². The molecule has 0 spiro atoms. The average molecular weight is 341 g/mol. The zero-order chi connectivity index (χ0) is 14.8. The first-order chi connectivity index (χ1) is 10.2. The number of likely N-dealkylation sites (N-methyl/N-ethyl adjacent to an activating group) is 1. The van der Waals surface area contributed by atoms with Crippen molar-refractivity contribution >= 4 is 41.0 Å². The van der Waals surface area contributed by atoms with Crippen molar-refractivity contribution in [3.63, 3.8) is 0 Å². The number of thioether (sulfide) groups is 1. The Morgan fingerprint density at radius 3 is 2.91 bits per heavy atom. The quantitative estimate of drug-likeness (QED) is 0.929. The van der Waals surface area contributed by atoms with Crippen molar-refractivity contribution in [1.82, 2.24) is 10.2 Å². The second-order valence-electron chi connectivity index (χ2n) is 5.32. The van der Waals surface area contributed by atoms with Crippen LogP contribution in [0.4, 0.5) is 0 Å². The number of carbonyl (C=O) groups is 1. The molecule has 1 saturated heterocycles. The van der Waals surface area contributed by atoms with E-state index in [0.29, 0.717) is 6.54 Å². The molecule has 4 nitrogen and oxygen atoms in total. The number of para-hydroxylation sites is 1. The summed E-state index contributed by atoms with van der Waals surface area (Å²) in [4.78, 5) is 14.2. The largest absolute Gasteiger partial charge is 0.461 e. The minimum Gasteiger partial charge on any atom is -0.461 e. The molecule has 3 rings (SSSR count). The van der Waals surface area contributed by atoms with Gasteiger partial charge in [0.05, 0.1) is 6.04 Å². The van der Waals surface area contributed by atoms with Crippen molar-refractivity contribution in [2.45, 2.75) is 25.9 Å². The Kier molecular flexibility index (Phi) is 5.78. The van der Waals surface area contributed by atoms with Crippen LogP contribution in [0.5, 0.6) is 0 Å². The van der Waals surface area contributed by atoms with Gasteiger partial charge >= 0.3 is 0 Å². The number of fused-ring (bicyclic) bond motifs is 1. The van der Waals surface area contributed by atoms with Gasteiger partial charge in [-0.25, -0.2) is 0 Å². The van der Waals surface area contributed by atoms with E-state index in [4.69, 9.17) is 4.42 Å². The fourth-order valence-electron chi connectivity index (χ4n) is 2.74. The molecule has 120 valence electrons. The first-order valence-corrected chi connectivity index (χ1v) is 8.41. The lowest BCUT2D eigenvalue weighted by Crippen LogP contribution is -2.42. The molecule has 6 heteroatoms. The molecule has 1 aliphatic rings. The number of carbonyl (C=O) groups excluding carboxylic acids is 1. The minimum atomic E-state index is -0.0526. The van der Waals surface area contributed by atoms with Crippen LogP contribution in [0.25, 0.3) is 11.0 Å². The Hall–Kier alpha value is -1.17. The Morgan fingerprint density at radius 2 is 2.23 bits per heavy atom. The summed E-state index contributed by atoms with van der Waals surface area (Å²) < 4.78 is 5.90. The van der Waals surface area contributed by atoms with Crippen LogP contribution in [0, 0.1) is 0 Å². The van der Waals surface area contributed by atoms with Gasteiger partial charge in [0.2, 0.25) is 5.91 Å². The molecule has 1 fully saturated rings. The number of hydrogen-bond donors (Lipinski definition) is 1. The standard InChI is InChI=1S/C16H20N2O2S.ClH/c1-3-14-12(11-6-4-5-7-15(11)20-14)8-18(2)16(19)13-9-21-10-17-13;/h4-7,13,17H,3,8-10H2,1-2H3;1H. The van der Waals surface area contributed by atoms with Crippen LogP contribution in [0.3, 0.4) is 0 Å². The van der Waals surface area contributed by atoms with Gasteiger partial charge in [-0.05, 0) is 6.07 Å². The number of furan rings is 1. The fraction of sp³-hybridized carbons (Fsp3) is 0.438. The average Bonchev–Trinajstić information content (AvgIpc) is 3.14. The lowest BCUT2D eigenvalue weighted by molar-refractivity contribution is -0.131. The molecule has 0 radical (unpaired) electrons. The first-order valence-electron chi connectivity index (χ1n) is 7.26. The normalized spacial score (nSPS) is 17.5. The predicted octanol–water partition coefficient (Wildman–Crippen LogP) is 3.04. The Labute approximate surface area is 141 Å². The van der Waals surface area contributed by atoms with Crippen molar-refractivity contribution in [2.75, 3.05) is 18.7 Å². The van der Waals surface area contributed by atoms with E-state index in [1.165, 1.54) is 0 Å². The molecule has 22 heavy (non-hydrogen) atoms. The molecular formula is C16H21ClN2O2S. The van der Waals surface area contributed by atoms with Gasteiger partial charge in [-0.2, -0.15) is 0 Å². The van der Waals surface area contributed by atoms with E-state index >= 15 is 0 Å². The summed E-state index contributed by atoms with van der Waals surface area (Å²) in [6.45, 7) is 2.68. The number of amides is 1. The van der Waals surface area contributed by atoms with Crippen LogP contribution in [0.2, 0.25) is 0 Å². The number of benzene rings is 1. The minimum absolute atomic E-state index is 0. The Morgan fingerprint density at radius 1 is 1.45 bits per heavy atom. The summed E-state index contributed by atoms with van der Waals surface area (Å²) in [6.07, 6.45) is 0.837. The third kappa shape index (κ3) is 3.26. The van der Waals surface area contributed by atoms with Crippen molar-refractivity contribution in [1.29, 1.82) is 0 Å². The van der Waals surface area contributed by atoms with Crippen molar-refractivity contribution in [3.8, 4) is 0 Å². The van der Waals surface area contributed by atoms with Crippen LogP contribution in [-0.4, -0.2) is 35.5 Å². The number of rotatable bonds is 4. The van der Waals surface area contributed by atoms with Gasteiger partial charge in [0.15, 0.2) is 0 Å². The SMILES string of the molecule is CCc1oc2ccccc2c1CN(C)C(=O)C1CSCN1.Cl. The molecule has 0 saturated carbocycles. The molecular weight excluding hydrogens is 320 g/mol. The molecule has 1 amide bonds. The maximum atomic E-state index is 12.4. The highest BCUT2D eigenvalue weighted by Crippen LogP contribution is 2.27. The second-order valence-corrected chi connectivity index (χ2v) is 6.35. The Balaban J connectivity index is 0.00000176. The van der Waals surface area contributed by atoms with Crippen molar-refractivity contribution in [3.05, 3.63) is 35.6 Å². The highest BCUT2D eigenvalue weighted by Gasteiger charge is 2.26. The van der Waals surface area contributed by atoms with E-state index < -0.39 is 0 Å². The van der Waals surface area contributed by atoms with Gasteiger partial charge < -0.3 is 9.32 Å². The summed E-state index contributed by atoms with van der Waals surface area (Å²) in [5.74, 6) is 2.85. The van der Waals surface area contributed by atoms with Gasteiger partial charge in [-0.15, -0.1) is 24.2 Å². The van der Waals surface area contributed by atoms with Gasteiger partial charge in [0.25, 0.3) is 0 Å². The number of halogens is 1. The second kappa shape index (κ2) is 7.40. The molecule has 1 unspecified atom stereocenters. The van der Waals surface area contributed by atoms with Crippen LogP contribution >= 0.6 is 24.2 Å². The van der Waals surface area contributed by atoms with E-state index in [1.807, 2.05) is 25.2 Å².